The van der Waals surface area contributed by atoms with Gasteiger partial charge in [-0.05, 0) is 56.9 Å². The van der Waals surface area contributed by atoms with Gasteiger partial charge in [0.1, 0.15) is 0 Å². The van der Waals surface area contributed by atoms with Crippen LogP contribution < -0.4 is 0 Å². The third-order valence-electron chi connectivity index (χ3n) is 3.38. The SMILES string of the molecule is Cc1ccc2c(C)c3ccccc3c(Br)c2c1. The van der Waals surface area contributed by atoms with Crippen molar-refractivity contribution in [3.05, 3.63) is 58.1 Å². The molecule has 0 unspecified atom stereocenters. The molecule has 0 radical (unpaired) electrons. The van der Waals surface area contributed by atoms with Crippen molar-refractivity contribution in [3.8, 4) is 0 Å². The van der Waals surface area contributed by atoms with E-state index >= 15 is 0 Å². The lowest BCUT2D eigenvalue weighted by Crippen LogP contribution is -1.86. The molecule has 0 atom stereocenters. The van der Waals surface area contributed by atoms with Crippen LogP contribution in [0.4, 0.5) is 0 Å². The van der Waals surface area contributed by atoms with Crippen molar-refractivity contribution in [2.24, 2.45) is 0 Å². The minimum Gasteiger partial charge on any atom is -0.0616 e. The van der Waals surface area contributed by atoms with Crippen molar-refractivity contribution >= 4 is 37.5 Å². The van der Waals surface area contributed by atoms with E-state index in [0.717, 1.165) is 0 Å². The zero-order valence-electron chi connectivity index (χ0n) is 9.92. The fourth-order valence-electron chi connectivity index (χ4n) is 2.46. The highest BCUT2D eigenvalue weighted by Crippen LogP contribution is 2.36. The summed E-state index contributed by atoms with van der Waals surface area (Å²) in [6.45, 7) is 4.34. The molecule has 17 heavy (non-hydrogen) atoms. The fraction of sp³-hybridized carbons (Fsp3) is 0.125. The minimum absolute atomic E-state index is 1.21. The summed E-state index contributed by atoms with van der Waals surface area (Å²) < 4.78 is 1.21. The molecule has 0 bridgehead atoms. The molecule has 3 aromatic carbocycles. The lowest BCUT2D eigenvalue weighted by molar-refractivity contribution is 1.49. The fourth-order valence-corrected chi connectivity index (χ4v) is 3.13. The van der Waals surface area contributed by atoms with Crippen LogP contribution in [0.5, 0.6) is 0 Å². The topological polar surface area (TPSA) is 0 Å². The van der Waals surface area contributed by atoms with Crippen molar-refractivity contribution in [3.63, 3.8) is 0 Å². The van der Waals surface area contributed by atoms with Gasteiger partial charge in [-0.25, -0.2) is 0 Å². The third-order valence-corrected chi connectivity index (χ3v) is 4.24. The molecule has 0 aliphatic carbocycles. The van der Waals surface area contributed by atoms with Gasteiger partial charge >= 0.3 is 0 Å². The molecule has 0 aliphatic rings. The Morgan fingerprint density at radius 1 is 0.765 bits per heavy atom. The van der Waals surface area contributed by atoms with Gasteiger partial charge in [-0.3, -0.25) is 0 Å². The summed E-state index contributed by atoms with van der Waals surface area (Å²) >= 11 is 3.75. The van der Waals surface area contributed by atoms with Crippen LogP contribution in [0.15, 0.2) is 46.9 Å². The van der Waals surface area contributed by atoms with E-state index in [1.807, 2.05) is 0 Å². The Labute approximate surface area is 109 Å². The second-order valence-corrected chi connectivity index (χ2v) is 5.33. The van der Waals surface area contributed by atoms with E-state index in [-0.39, 0.29) is 0 Å². The zero-order valence-corrected chi connectivity index (χ0v) is 11.5. The molecule has 3 rings (SSSR count). The molecule has 0 spiro atoms. The largest absolute Gasteiger partial charge is 0.0616 e. The molecule has 0 N–H and O–H groups in total. The number of fused-ring (bicyclic) bond motifs is 2. The van der Waals surface area contributed by atoms with Gasteiger partial charge in [-0.2, -0.15) is 0 Å². The Bertz CT molecular complexity index is 726. The van der Waals surface area contributed by atoms with Crippen LogP contribution >= 0.6 is 15.9 Å². The molecule has 0 saturated heterocycles. The van der Waals surface area contributed by atoms with Crippen LogP contribution in [0.3, 0.4) is 0 Å². The summed E-state index contributed by atoms with van der Waals surface area (Å²) in [5.74, 6) is 0. The van der Waals surface area contributed by atoms with Gasteiger partial charge in [-0.1, -0.05) is 48.0 Å². The van der Waals surface area contributed by atoms with Gasteiger partial charge < -0.3 is 0 Å². The Balaban J connectivity index is 2.63. The second kappa shape index (κ2) is 3.85. The standard InChI is InChI=1S/C16H13Br/c1-10-7-8-13-11(2)12-5-3-4-6-14(12)16(17)15(13)9-10/h3-9H,1-2H3. The average Bonchev–Trinajstić information content (AvgIpc) is 2.36. The molecule has 3 aromatic rings. The van der Waals surface area contributed by atoms with Crippen molar-refractivity contribution < 1.29 is 0 Å². The average molecular weight is 285 g/mol. The van der Waals surface area contributed by atoms with E-state index in [4.69, 9.17) is 0 Å². The van der Waals surface area contributed by atoms with E-state index in [1.54, 1.807) is 0 Å². The quantitative estimate of drug-likeness (QED) is 0.487. The van der Waals surface area contributed by atoms with Crippen LogP contribution in [0.2, 0.25) is 0 Å². The van der Waals surface area contributed by atoms with E-state index < -0.39 is 0 Å². The van der Waals surface area contributed by atoms with Crippen LogP contribution in [0.1, 0.15) is 11.1 Å². The van der Waals surface area contributed by atoms with Crippen molar-refractivity contribution in [2.45, 2.75) is 13.8 Å². The predicted octanol–water partition coefficient (Wildman–Crippen LogP) is 5.37. The van der Waals surface area contributed by atoms with E-state index in [1.165, 1.54) is 37.1 Å². The summed E-state index contributed by atoms with van der Waals surface area (Å²) in [6.07, 6.45) is 0. The molecule has 0 amide bonds. The first-order chi connectivity index (χ1) is 8.18. The molecular formula is C16H13Br. The predicted molar refractivity (Wildman–Crippen MR) is 78.6 cm³/mol. The summed E-state index contributed by atoms with van der Waals surface area (Å²) in [4.78, 5) is 0. The van der Waals surface area contributed by atoms with Crippen LogP contribution in [0.25, 0.3) is 21.5 Å². The zero-order chi connectivity index (χ0) is 12.0. The summed E-state index contributed by atoms with van der Waals surface area (Å²) in [7, 11) is 0. The number of benzene rings is 3. The Kier molecular flexibility index (Phi) is 2.44. The maximum atomic E-state index is 3.75. The molecule has 84 valence electrons. The molecule has 0 fully saturated rings. The third kappa shape index (κ3) is 1.57. The van der Waals surface area contributed by atoms with Crippen LogP contribution in [0, 0.1) is 13.8 Å². The molecular weight excluding hydrogens is 272 g/mol. The van der Waals surface area contributed by atoms with E-state index in [2.05, 4.69) is 72.2 Å². The molecule has 0 nitrogen and oxygen atoms in total. The number of halogens is 1. The van der Waals surface area contributed by atoms with Crippen LogP contribution in [-0.4, -0.2) is 0 Å². The molecule has 0 aromatic heterocycles. The molecule has 0 saturated carbocycles. The van der Waals surface area contributed by atoms with Crippen molar-refractivity contribution in [1.29, 1.82) is 0 Å². The molecule has 0 aliphatic heterocycles. The van der Waals surface area contributed by atoms with Gasteiger partial charge in [0.2, 0.25) is 0 Å². The highest BCUT2D eigenvalue weighted by atomic mass is 79.9. The normalized spacial score (nSPS) is 11.2. The first-order valence-corrected chi connectivity index (χ1v) is 6.55. The number of hydrogen-bond acceptors (Lipinski definition) is 0. The Morgan fingerprint density at radius 3 is 2.18 bits per heavy atom. The first-order valence-electron chi connectivity index (χ1n) is 5.75. The lowest BCUT2D eigenvalue weighted by atomic mass is 9.97. The highest BCUT2D eigenvalue weighted by Gasteiger charge is 2.08. The monoisotopic (exact) mass is 284 g/mol. The van der Waals surface area contributed by atoms with Gasteiger partial charge in [0, 0.05) is 4.47 Å². The minimum atomic E-state index is 1.21. The van der Waals surface area contributed by atoms with Gasteiger partial charge in [-0.15, -0.1) is 0 Å². The van der Waals surface area contributed by atoms with Gasteiger partial charge in [0.15, 0.2) is 0 Å². The number of aryl methyl sites for hydroxylation is 2. The smallest absolute Gasteiger partial charge is 0.0332 e. The molecule has 1 heteroatoms. The van der Waals surface area contributed by atoms with E-state index in [9.17, 15) is 0 Å². The van der Waals surface area contributed by atoms with E-state index in [0.29, 0.717) is 0 Å². The van der Waals surface area contributed by atoms with Gasteiger partial charge in [0.05, 0.1) is 0 Å². The number of rotatable bonds is 0. The maximum absolute atomic E-state index is 3.75. The summed E-state index contributed by atoms with van der Waals surface area (Å²) in [6, 6.07) is 15.2. The van der Waals surface area contributed by atoms with Crippen LogP contribution in [-0.2, 0) is 0 Å². The molecule has 0 heterocycles. The Hall–Kier alpha value is -1.34. The maximum Gasteiger partial charge on any atom is 0.0332 e. The second-order valence-electron chi connectivity index (χ2n) is 4.53. The first kappa shape index (κ1) is 10.8. The van der Waals surface area contributed by atoms with Gasteiger partial charge in [0.25, 0.3) is 0 Å². The number of hydrogen-bond donors (Lipinski definition) is 0. The lowest BCUT2D eigenvalue weighted by Gasteiger charge is -2.11. The Morgan fingerprint density at radius 2 is 1.41 bits per heavy atom. The highest BCUT2D eigenvalue weighted by molar-refractivity contribution is 9.10. The summed E-state index contributed by atoms with van der Waals surface area (Å²) in [5.41, 5.74) is 2.66. The summed E-state index contributed by atoms with van der Waals surface area (Å²) in [5, 5.41) is 5.27. The van der Waals surface area contributed by atoms with Crippen molar-refractivity contribution in [2.75, 3.05) is 0 Å². The van der Waals surface area contributed by atoms with Crippen molar-refractivity contribution in [1.82, 2.24) is 0 Å².